The molecule has 0 aliphatic carbocycles. The molecule has 17 heavy (non-hydrogen) atoms. The van der Waals surface area contributed by atoms with Gasteiger partial charge in [0, 0.05) is 4.47 Å². The third-order valence-electron chi connectivity index (χ3n) is 2.11. The average molecular weight is 316 g/mol. The second kappa shape index (κ2) is 4.89. The van der Waals surface area contributed by atoms with Crippen LogP contribution in [0.2, 0.25) is 5.02 Å². The van der Waals surface area contributed by atoms with Crippen molar-refractivity contribution in [1.82, 2.24) is 9.97 Å². The number of rotatable bonds is 2. The van der Waals surface area contributed by atoms with Crippen molar-refractivity contribution >= 4 is 27.5 Å². The molecular weight excluding hydrogens is 307 g/mol. The molecule has 2 aromatic rings. The molecule has 1 N–H and O–H groups in total. The zero-order chi connectivity index (χ0) is 12.4. The van der Waals surface area contributed by atoms with Gasteiger partial charge in [-0.05, 0) is 30.7 Å². The van der Waals surface area contributed by atoms with E-state index < -0.39 is 5.56 Å². The quantitative estimate of drug-likeness (QED) is 0.925. The lowest BCUT2D eigenvalue weighted by Gasteiger charge is -2.08. The number of halogens is 2. The number of aromatic nitrogens is 2. The predicted octanol–water partition coefficient (Wildman–Crippen LogP) is 3.29. The van der Waals surface area contributed by atoms with Crippen molar-refractivity contribution in [2.45, 2.75) is 6.92 Å². The molecule has 0 saturated carbocycles. The van der Waals surface area contributed by atoms with E-state index >= 15 is 0 Å². The van der Waals surface area contributed by atoms with Crippen LogP contribution >= 0.6 is 27.5 Å². The van der Waals surface area contributed by atoms with Crippen molar-refractivity contribution in [1.29, 1.82) is 0 Å². The van der Waals surface area contributed by atoms with E-state index in [9.17, 15) is 4.79 Å². The monoisotopic (exact) mass is 314 g/mol. The van der Waals surface area contributed by atoms with Crippen LogP contribution in [-0.4, -0.2) is 9.97 Å². The molecule has 0 spiro atoms. The number of ether oxygens (including phenoxy) is 1. The Bertz CT molecular complexity index is 613. The van der Waals surface area contributed by atoms with E-state index in [1.54, 1.807) is 6.07 Å². The smallest absolute Gasteiger partial charge is 0.273 e. The summed E-state index contributed by atoms with van der Waals surface area (Å²) < 4.78 is 6.44. The maximum absolute atomic E-state index is 11.3. The SMILES string of the molecule is Cc1cc(Br)ccc1Oc1nc[nH]c(=O)c1Cl. The third kappa shape index (κ3) is 2.68. The molecule has 0 amide bonds. The Morgan fingerprint density at radius 3 is 2.94 bits per heavy atom. The van der Waals surface area contributed by atoms with E-state index in [1.165, 1.54) is 6.33 Å². The third-order valence-corrected chi connectivity index (χ3v) is 2.93. The lowest BCUT2D eigenvalue weighted by atomic mass is 10.2. The van der Waals surface area contributed by atoms with E-state index in [-0.39, 0.29) is 10.9 Å². The Kier molecular flexibility index (Phi) is 3.49. The topological polar surface area (TPSA) is 55.0 Å². The second-order valence-corrected chi connectivity index (χ2v) is 4.66. The van der Waals surface area contributed by atoms with Crippen LogP contribution in [-0.2, 0) is 0 Å². The maximum Gasteiger partial charge on any atom is 0.273 e. The van der Waals surface area contributed by atoms with Crippen molar-refractivity contribution in [3.63, 3.8) is 0 Å². The summed E-state index contributed by atoms with van der Waals surface area (Å²) in [4.78, 5) is 17.5. The molecule has 0 aliphatic rings. The fourth-order valence-corrected chi connectivity index (χ4v) is 1.89. The van der Waals surface area contributed by atoms with Gasteiger partial charge in [-0.25, -0.2) is 4.98 Å². The second-order valence-electron chi connectivity index (χ2n) is 3.36. The molecule has 6 heteroatoms. The summed E-state index contributed by atoms with van der Waals surface area (Å²) in [5, 5.41) is -0.0604. The molecule has 2 rings (SSSR count). The van der Waals surface area contributed by atoms with Crippen molar-refractivity contribution in [3.05, 3.63) is 49.9 Å². The molecule has 1 aromatic carbocycles. The van der Waals surface area contributed by atoms with Crippen molar-refractivity contribution in [2.75, 3.05) is 0 Å². The summed E-state index contributed by atoms with van der Waals surface area (Å²) in [5.41, 5.74) is 0.490. The van der Waals surface area contributed by atoms with Gasteiger partial charge < -0.3 is 9.72 Å². The number of hydrogen-bond acceptors (Lipinski definition) is 3. The first-order chi connectivity index (χ1) is 8.08. The first-order valence-electron chi connectivity index (χ1n) is 4.75. The Morgan fingerprint density at radius 1 is 1.47 bits per heavy atom. The van der Waals surface area contributed by atoms with E-state index in [0.29, 0.717) is 5.75 Å². The molecule has 4 nitrogen and oxygen atoms in total. The van der Waals surface area contributed by atoms with Crippen LogP contribution in [0.25, 0.3) is 0 Å². The summed E-state index contributed by atoms with van der Waals surface area (Å²) >= 11 is 9.14. The minimum Gasteiger partial charge on any atom is -0.437 e. The highest BCUT2D eigenvalue weighted by Crippen LogP contribution is 2.28. The first-order valence-corrected chi connectivity index (χ1v) is 5.92. The van der Waals surface area contributed by atoms with Gasteiger partial charge in [0.2, 0.25) is 5.88 Å². The molecule has 0 saturated heterocycles. The molecule has 0 fully saturated rings. The molecule has 0 bridgehead atoms. The molecule has 0 aliphatic heterocycles. The Labute approximate surface area is 111 Å². The number of aromatic amines is 1. The summed E-state index contributed by atoms with van der Waals surface area (Å²) in [6.45, 7) is 1.89. The molecular formula is C11H8BrClN2O2. The van der Waals surface area contributed by atoms with Crippen molar-refractivity contribution in [2.24, 2.45) is 0 Å². The standard InChI is InChI=1S/C11H8BrClN2O2/c1-6-4-7(12)2-3-8(6)17-11-9(13)10(16)14-5-15-11/h2-5H,1H3,(H,14,15,16). The van der Waals surface area contributed by atoms with Crippen LogP contribution in [0.1, 0.15) is 5.56 Å². The van der Waals surface area contributed by atoms with Crippen molar-refractivity contribution < 1.29 is 4.74 Å². The zero-order valence-corrected chi connectivity index (χ0v) is 11.2. The summed E-state index contributed by atoms with van der Waals surface area (Å²) in [7, 11) is 0. The number of aryl methyl sites for hydroxylation is 1. The van der Waals surface area contributed by atoms with Gasteiger partial charge >= 0.3 is 0 Å². The zero-order valence-electron chi connectivity index (χ0n) is 8.83. The molecule has 1 heterocycles. The van der Waals surface area contributed by atoms with Gasteiger partial charge in [0.1, 0.15) is 5.75 Å². The van der Waals surface area contributed by atoms with E-state index in [2.05, 4.69) is 25.9 Å². The minimum absolute atomic E-state index is 0.0604. The number of H-pyrrole nitrogens is 1. The number of hydrogen-bond donors (Lipinski definition) is 1. The normalized spacial score (nSPS) is 10.3. The largest absolute Gasteiger partial charge is 0.437 e. The Balaban J connectivity index is 2.38. The number of nitrogens with zero attached hydrogens (tertiary/aromatic N) is 1. The van der Waals surface area contributed by atoms with Crippen LogP contribution < -0.4 is 10.3 Å². The minimum atomic E-state index is -0.425. The fraction of sp³-hybridized carbons (Fsp3) is 0.0909. The highest BCUT2D eigenvalue weighted by atomic mass is 79.9. The van der Waals surface area contributed by atoms with Crippen molar-refractivity contribution in [3.8, 4) is 11.6 Å². The van der Waals surface area contributed by atoms with Crippen LogP contribution in [0.4, 0.5) is 0 Å². The molecule has 88 valence electrons. The van der Waals surface area contributed by atoms with E-state index in [1.807, 2.05) is 19.1 Å². The predicted molar refractivity (Wildman–Crippen MR) is 68.8 cm³/mol. The maximum atomic E-state index is 11.3. The van der Waals surface area contributed by atoms with Crippen LogP contribution in [0.5, 0.6) is 11.6 Å². The average Bonchev–Trinajstić information content (AvgIpc) is 2.28. The van der Waals surface area contributed by atoms with Gasteiger partial charge in [-0.2, -0.15) is 0 Å². The van der Waals surface area contributed by atoms with Crippen LogP contribution in [0.15, 0.2) is 33.8 Å². The van der Waals surface area contributed by atoms with Crippen LogP contribution in [0.3, 0.4) is 0 Å². The van der Waals surface area contributed by atoms with Gasteiger partial charge in [-0.1, -0.05) is 27.5 Å². The molecule has 1 aromatic heterocycles. The fourth-order valence-electron chi connectivity index (χ4n) is 1.27. The lowest BCUT2D eigenvalue weighted by Crippen LogP contribution is -2.08. The van der Waals surface area contributed by atoms with E-state index in [0.717, 1.165) is 10.0 Å². The van der Waals surface area contributed by atoms with Gasteiger partial charge in [-0.15, -0.1) is 0 Å². The van der Waals surface area contributed by atoms with Gasteiger partial charge in [0.15, 0.2) is 5.02 Å². The van der Waals surface area contributed by atoms with Gasteiger partial charge in [0.25, 0.3) is 5.56 Å². The highest BCUT2D eigenvalue weighted by Gasteiger charge is 2.09. The highest BCUT2D eigenvalue weighted by molar-refractivity contribution is 9.10. The Hall–Kier alpha value is -1.33. The Morgan fingerprint density at radius 2 is 2.24 bits per heavy atom. The molecule has 0 unspecified atom stereocenters. The van der Waals surface area contributed by atoms with E-state index in [4.69, 9.17) is 16.3 Å². The van der Waals surface area contributed by atoms with Crippen LogP contribution in [0, 0.1) is 6.92 Å². The number of nitrogens with one attached hydrogen (secondary N) is 1. The number of benzene rings is 1. The summed E-state index contributed by atoms with van der Waals surface area (Å²) in [5.74, 6) is 0.703. The molecule has 0 atom stereocenters. The summed E-state index contributed by atoms with van der Waals surface area (Å²) in [6, 6.07) is 5.51. The lowest BCUT2D eigenvalue weighted by molar-refractivity contribution is 0.457. The summed E-state index contributed by atoms with van der Waals surface area (Å²) in [6.07, 6.45) is 1.25. The van der Waals surface area contributed by atoms with Gasteiger partial charge in [0.05, 0.1) is 6.33 Å². The first kappa shape index (κ1) is 12.1. The molecule has 0 radical (unpaired) electrons. The van der Waals surface area contributed by atoms with Gasteiger partial charge in [-0.3, -0.25) is 4.79 Å².